The third-order valence-electron chi connectivity index (χ3n) is 2.02. The Balaban J connectivity index is 2.70. The number of allylic oxidation sites excluding steroid dienone is 3. The van der Waals surface area contributed by atoms with Crippen molar-refractivity contribution < 1.29 is 9.90 Å². The normalized spacial score (nSPS) is 11.1. The van der Waals surface area contributed by atoms with Crippen LogP contribution in [0.3, 0.4) is 0 Å². The van der Waals surface area contributed by atoms with Gasteiger partial charge in [-0.1, -0.05) is 18.2 Å². The first kappa shape index (κ1) is 12.0. The van der Waals surface area contributed by atoms with Crippen LogP contribution in [0.2, 0.25) is 0 Å². The molecule has 0 bridgehead atoms. The number of aromatic hydroxyl groups is 1. The third-order valence-corrected chi connectivity index (χ3v) is 2.02. The van der Waals surface area contributed by atoms with Crippen molar-refractivity contribution in [2.45, 2.75) is 13.8 Å². The largest absolute Gasteiger partial charge is 0.508 e. The number of phenols is 1. The molecule has 84 valence electrons. The van der Waals surface area contributed by atoms with Crippen molar-refractivity contribution in [2.75, 3.05) is 5.32 Å². The summed E-state index contributed by atoms with van der Waals surface area (Å²) in [5, 5.41) is 11.9. The monoisotopic (exact) mass is 217 g/mol. The van der Waals surface area contributed by atoms with Crippen molar-refractivity contribution >= 4 is 11.6 Å². The van der Waals surface area contributed by atoms with Gasteiger partial charge in [0, 0.05) is 11.8 Å². The van der Waals surface area contributed by atoms with E-state index < -0.39 is 0 Å². The topological polar surface area (TPSA) is 49.3 Å². The molecule has 1 amide bonds. The summed E-state index contributed by atoms with van der Waals surface area (Å²) in [7, 11) is 0. The predicted molar refractivity (Wildman–Crippen MR) is 65.4 cm³/mol. The zero-order chi connectivity index (χ0) is 12.0. The van der Waals surface area contributed by atoms with Gasteiger partial charge in [-0.25, -0.2) is 0 Å². The highest BCUT2D eigenvalue weighted by atomic mass is 16.3. The van der Waals surface area contributed by atoms with Crippen LogP contribution in [-0.4, -0.2) is 11.0 Å². The molecule has 0 saturated carbocycles. The second kappa shape index (κ2) is 5.75. The van der Waals surface area contributed by atoms with Gasteiger partial charge in [-0.15, -0.1) is 0 Å². The number of carbonyl (C=O) groups excluding carboxylic acids is 1. The van der Waals surface area contributed by atoms with Crippen LogP contribution in [0.1, 0.15) is 12.5 Å². The Morgan fingerprint density at radius 2 is 2.12 bits per heavy atom. The smallest absolute Gasteiger partial charge is 0.248 e. The van der Waals surface area contributed by atoms with Gasteiger partial charge in [0.2, 0.25) is 5.91 Å². The van der Waals surface area contributed by atoms with Crippen molar-refractivity contribution in [1.82, 2.24) is 0 Å². The molecule has 1 aromatic carbocycles. The zero-order valence-electron chi connectivity index (χ0n) is 9.40. The minimum atomic E-state index is -0.188. The van der Waals surface area contributed by atoms with E-state index in [2.05, 4.69) is 5.32 Å². The first-order chi connectivity index (χ1) is 7.63. The summed E-state index contributed by atoms with van der Waals surface area (Å²) in [5.74, 6) is 0.00634. The van der Waals surface area contributed by atoms with E-state index in [1.807, 2.05) is 19.9 Å². The predicted octanol–water partition coefficient (Wildman–Crippen LogP) is 2.77. The molecule has 0 atom stereocenters. The van der Waals surface area contributed by atoms with Crippen LogP contribution in [-0.2, 0) is 4.79 Å². The molecule has 0 spiro atoms. The van der Waals surface area contributed by atoms with Crippen LogP contribution < -0.4 is 5.32 Å². The van der Waals surface area contributed by atoms with Crippen LogP contribution in [0, 0.1) is 6.92 Å². The van der Waals surface area contributed by atoms with E-state index in [9.17, 15) is 9.90 Å². The number of aryl methyl sites for hydroxylation is 1. The Morgan fingerprint density at radius 1 is 1.38 bits per heavy atom. The van der Waals surface area contributed by atoms with Crippen LogP contribution in [0.25, 0.3) is 0 Å². The van der Waals surface area contributed by atoms with E-state index in [1.165, 1.54) is 12.1 Å². The van der Waals surface area contributed by atoms with E-state index in [-0.39, 0.29) is 11.7 Å². The number of carbonyl (C=O) groups is 1. The van der Waals surface area contributed by atoms with Crippen molar-refractivity contribution in [3.8, 4) is 5.75 Å². The van der Waals surface area contributed by atoms with Gasteiger partial charge in [-0.2, -0.15) is 0 Å². The van der Waals surface area contributed by atoms with Crippen molar-refractivity contribution in [1.29, 1.82) is 0 Å². The summed E-state index contributed by atoms with van der Waals surface area (Å²) in [6, 6.07) is 4.82. The lowest BCUT2D eigenvalue weighted by Crippen LogP contribution is -2.08. The summed E-state index contributed by atoms with van der Waals surface area (Å²) >= 11 is 0. The molecule has 1 rings (SSSR count). The fourth-order valence-corrected chi connectivity index (χ4v) is 1.22. The first-order valence-corrected chi connectivity index (χ1v) is 5.03. The molecule has 0 aliphatic carbocycles. The minimum absolute atomic E-state index is 0.188. The summed E-state index contributed by atoms with van der Waals surface area (Å²) in [6.45, 7) is 3.71. The Bertz CT molecular complexity index is 434. The van der Waals surface area contributed by atoms with Gasteiger partial charge in [0.1, 0.15) is 5.75 Å². The standard InChI is InChI=1S/C13H15NO2/c1-3-4-5-6-13(16)14-12-8-7-11(15)9-10(12)2/h3-9,15H,1-2H3,(H,14,16)/b4-3+,6-5+. The van der Waals surface area contributed by atoms with E-state index in [0.29, 0.717) is 5.69 Å². The van der Waals surface area contributed by atoms with Gasteiger partial charge in [-0.05, 0) is 37.6 Å². The van der Waals surface area contributed by atoms with Crippen molar-refractivity contribution in [2.24, 2.45) is 0 Å². The third kappa shape index (κ3) is 3.61. The Labute approximate surface area is 95.1 Å². The maximum Gasteiger partial charge on any atom is 0.248 e. The quantitative estimate of drug-likeness (QED) is 0.464. The molecule has 0 saturated heterocycles. The SMILES string of the molecule is C/C=C/C=C/C(=O)Nc1ccc(O)cc1C. The minimum Gasteiger partial charge on any atom is -0.508 e. The molecule has 0 aliphatic rings. The average Bonchev–Trinajstić information content (AvgIpc) is 2.23. The van der Waals surface area contributed by atoms with Gasteiger partial charge in [0.25, 0.3) is 0 Å². The number of phenolic OH excluding ortho intramolecular Hbond substituents is 1. The number of anilines is 1. The van der Waals surface area contributed by atoms with Gasteiger partial charge in [0.15, 0.2) is 0 Å². The van der Waals surface area contributed by atoms with Crippen molar-refractivity contribution in [3.05, 3.63) is 48.1 Å². The van der Waals surface area contributed by atoms with Gasteiger partial charge < -0.3 is 10.4 Å². The Morgan fingerprint density at radius 3 is 2.75 bits per heavy atom. The molecule has 3 heteroatoms. The second-order valence-corrected chi connectivity index (χ2v) is 3.37. The lowest BCUT2D eigenvalue weighted by molar-refractivity contribution is -0.111. The lowest BCUT2D eigenvalue weighted by Gasteiger charge is -2.06. The highest BCUT2D eigenvalue weighted by Crippen LogP contribution is 2.19. The summed E-state index contributed by atoms with van der Waals surface area (Å²) in [4.78, 5) is 11.4. The second-order valence-electron chi connectivity index (χ2n) is 3.37. The number of rotatable bonds is 3. The number of hydrogen-bond acceptors (Lipinski definition) is 2. The van der Waals surface area contributed by atoms with E-state index in [1.54, 1.807) is 24.3 Å². The molecule has 3 nitrogen and oxygen atoms in total. The van der Waals surface area contributed by atoms with Gasteiger partial charge in [0.05, 0.1) is 0 Å². The molecule has 16 heavy (non-hydrogen) atoms. The molecule has 0 aromatic heterocycles. The van der Waals surface area contributed by atoms with E-state index in [0.717, 1.165) is 5.56 Å². The van der Waals surface area contributed by atoms with Crippen LogP contribution in [0.5, 0.6) is 5.75 Å². The molecule has 0 aliphatic heterocycles. The maximum absolute atomic E-state index is 11.4. The maximum atomic E-state index is 11.4. The molecule has 2 N–H and O–H groups in total. The summed E-state index contributed by atoms with van der Waals surface area (Å²) in [6.07, 6.45) is 6.75. The first-order valence-electron chi connectivity index (χ1n) is 5.03. The average molecular weight is 217 g/mol. The van der Waals surface area contributed by atoms with Crippen LogP contribution >= 0.6 is 0 Å². The van der Waals surface area contributed by atoms with E-state index >= 15 is 0 Å². The molecule has 1 aromatic rings. The number of hydrogen-bond donors (Lipinski definition) is 2. The fraction of sp³-hybridized carbons (Fsp3) is 0.154. The molecular weight excluding hydrogens is 202 g/mol. The van der Waals surface area contributed by atoms with E-state index in [4.69, 9.17) is 0 Å². The van der Waals surface area contributed by atoms with Gasteiger partial charge in [-0.3, -0.25) is 4.79 Å². The number of nitrogens with one attached hydrogen (secondary N) is 1. The van der Waals surface area contributed by atoms with Crippen molar-refractivity contribution in [3.63, 3.8) is 0 Å². The molecule has 0 heterocycles. The Hall–Kier alpha value is -2.03. The highest BCUT2D eigenvalue weighted by molar-refractivity contribution is 5.99. The number of benzene rings is 1. The summed E-state index contributed by atoms with van der Waals surface area (Å²) in [5.41, 5.74) is 1.53. The fourth-order valence-electron chi connectivity index (χ4n) is 1.22. The Kier molecular flexibility index (Phi) is 4.33. The number of amides is 1. The van der Waals surface area contributed by atoms with Crippen LogP contribution in [0.15, 0.2) is 42.5 Å². The molecule has 0 radical (unpaired) electrons. The highest BCUT2D eigenvalue weighted by Gasteiger charge is 2.01. The molecule has 0 unspecified atom stereocenters. The zero-order valence-corrected chi connectivity index (χ0v) is 9.40. The van der Waals surface area contributed by atoms with Crippen LogP contribution in [0.4, 0.5) is 5.69 Å². The molecular formula is C13H15NO2. The summed E-state index contributed by atoms with van der Waals surface area (Å²) < 4.78 is 0. The lowest BCUT2D eigenvalue weighted by atomic mass is 10.2. The van der Waals surface area contributed by atoms with Gasteiger partial charge >= 0.3 is 0 Å². The molecule has 0 fully saturated rings.